The lowest BCUT2D eigenvalue weighted by molar-refractivity contribution is -0.135. The Morgan fingerprint density at radius 3 is 2.24 bits per heavy atom. The number of likely N-dealkylation sites (N-methyl/N-ethyl adjacent to an activating group) is 2. The number of aryl methyl sites for hydroxylation is 2. The largest absolute Gasteiger partial charge is 0.497 e. The van der Waals surface area contributed by atoms with Crippen LogP contribution in [0.25, 0.3) is 0 Å². The molecule has 0 aromatic heterocycles. The fraction of sp³-hybridized carbons (Fsp3) is 0.741. The van der Waals surface area contributed by atoms with Gasteiger partial charge in [-0.3, -0.25) is 9.69 Å². The van der Waals surface area contributed by atoms with E-state index in [4.69, 9.17) is 14.2 Å². The standard InChI is InChI=1S/C27H45N3O6S/c1-21-16-25(34-5)17-22(2)27(21)37(32,33)29(4)10-13-36-20-26(31)28(3)18-23-6-8-24(9-7-23)19-30-11-14-35-15-12-30/h16-17,23-24H,6-15,18-20H2,1-5H3/t23-,24-. The van der Waals surface area contributed by atoms with E-state index in [0.29, 0.717) is 22.8 Å². The van der Waals surface area contributed by atoms with E-state index in [1.54, 1.807) is 38.0 Å². The molecule has 1 saturated heterocycles. The first kappa shape index (κ1) is 29.8. The van der Waals surface area contributed by atoms with E-state index < -0.39 is 10.0 Å². The van der Waals surface area contributed by atoms with Crippen LogP contribution >= 0.6 is 0 Å². The summed E-state index contributed by atoms with van der Waals surface area (Å²) in [5, 5.41) is 0. The molecule has 1 saturated carbocycles. The second kappa shape index (κ2) is 13.9. The minimum Gasteiger partial charge on any atom is -0.497 e. The number of hydrogen-bond acceptors (Lipinski definition) is 7. The Kier molecular flexibility index (Phi) is 11.2. The summed E-state index contributed by atoms with van der Waals surface area (Å²) in [7, 11) is 1.24. The Hall–Kier alpha value is -1.72. The van der Waals surface area contributed by atoms with Crippen molar-refractivity contribution in [2.75, 3.05) is 80.4 Å². The van der Waals surface area contributed by atoms with Gasteiger partial charge < -0.3 is 19.1 Å². The summed E-state index contributed by atoms with van der Waals surface area (Å²) >= 11 is 0. The lowest BCUT2D eigenvalue weighted by atomic mass is 9.81. The number of ether oxygens (including phenoxy) is 3. The lowest BCUT2D eigenvalue weighted by Gasteiger charge is -2.35. The first-order valence-corrected chi connectivity index (χ1v) is 14.8. The highest BCUT2D eigenvalue weighted by Crippen LogP contribution is 2.30. The van der Waals surface area contributed by atoms with Crippen molar-refractivity contribution in [1.82, 2.24) is 14.1 Å². The van der Waals surface area contributed by atoms with Gasteiger partial charge in [-0.15, -0.1) is 0 Å². The van der Waals surface area contributed by atoms with Crippen LogP contribution in [-0.4, -0.2) is 109 Å². The fourth-order valence-corrected chi connectivity index (χ4v) is 6.97. The minimum absolute atomic E-state index is 0.0443. The number of hydrogen-bond donors (Lipinski definition) is 0. The van der Waals surface area contributed by atoms with E-state index in [1.807, 2.05) is 7.05 Å². The van der Waals surface area contributed by atoms with E-state index >= 15 is 0 Å². The molecule has 10 heteroatoms. The Balaban J connectivity index is 1.36. The molecule has 2 aliphatic rings. The topological polar surface area (TPSA) is 88.6 Å². The summed E-state index contributed by atoms with van der Waals surface area (Å²) in [5.74, 6) is 1.84. The smallest absolute Gasteiger partial charge is 0.248 e. The maximum Gasteiger partial charge on any atom is 0.248 e. The van der Waals surface area contributed by atoms with Gasteiger partial charge >= 0.3 is 0 Å². The number of carbonyl (C=O) groups excluding carboxylic acids is 1. The fourth-order valence-electron chi connectivity index (χ4n) is 5.41. The van der Waals surface area contributed by atoms with E-state index in [1.165, 1.54) is 30.7 Å². The van der Waals surface area contributed by atoms with Crippen LogP contribution in [-0.2, 0) is 24.3 Å². The number of methoxy groups -OCH3 is 1. The molecule has 37 heavy (non-hydrogen) atoms. The van der Waals surface area contributed by atoms with Gasteiger partial charge in [0.05, 0.1) is 31.8 Å². The quantitative estimate of drug-likeness (QED) is 0.377. The highest BCUT2D eigenvalue weighted by Gasteiger charge is 2.27. The van der Waals surface area contributed by atoms with E-state index in [2.05, 4.69) is 4.90 Å². The molecule has 1 aromatic rings. The molecule has 0 bridgehead atoms. The first-order valence-electron chi connectivity index (χ1n) is 13.3. The van der Waals surface area contributed by atoms with E-state index in [9.17, 15) is 13.2 Å². The van der Waals surface area contributed by atoms with Gasteiger partial charge in [-0.2, -0.15) is 4.31 Å². The first-order chi connectivity index (χ1) is 17.6. The molecular weight excluding hydrogens is 494 g/mol. The number of nitrogens with zero attached hydrogens (tertiary/aromatic N) is 3. The molecule has 0 radical (unpaired) electrons. The van der Waals surface area contributed by atoms with Gasteiger partial charge in [0.1, 0.15) is 12.4 Å². The Morgan fingerprint density at radius 1 is 1.05 bits per heavy atom. The van der Waals surface area contributed by atoms with Gasteiger partial charge in [-0.1, -0.05) is 0 Å². The van der Waals surface area contributed by atoms with Crippen LogP contribution in [0.5, 0.6) is 5.75 Å². The van der Waals surface area contributed by atoms with Crippen molar-refractivity contribution in [3.05, 3.63) is 23.3 Å². The predicted molar refractivity (Wildman–Crippen MR) is 143 cm³/mol. The summed E-state index contributed by atoms with van der Waals surface area (Å²) in [4.78, 5) is 17.2. The molecule has 1 aliphatic carbocycles. The average molecular weight is 540 g/mol. The number of carbonyl (C=O) groups is 1. The maximum absolute atomic E-state index is 13.1. The van der Waals surface area contributed by atoms with Crippen molar-refractivity contribution in [2.24, 2.45) is 11.8 Å². The third-order valence-corrected chi connectivity index (χ3v) is 9.82. The number of sulfonamides is 1. The van der Waals surface area contributed by atoms with Crippen LogP contribution in [0.1, 0.15) is 36.8 Å². The molecular formula is C27H45N3O6S. The highest BCUT2D eigenvalue weighted by molar-refractivity contribution is 7.89. The third-order valence-electron chi connectivity index (χ3n) is 7.66. The SMILES string of the molecule is COc1cc(C)c(S(=O)(=O)N(C)CCOCC(=O)N(C)C[C@H]2CC[C@H](CN3CCOCC3)CC2)c(C)c1. The molecule has 1 amide bonds. The van der Waals surface area contributed by atoms with Gasteiger partial charge in [0, 0.05) is 46.8 Å². The summed E-state index contributed by atoms with van der Waals surface area (Å²) in [6, 6.07) is 3.44. The molecule has 2 fully saturated rings. The molecule has 0 atom stereocenters. The molecule has 1 aromatic carbocycles. The van der Waals surface area contributed by atoms with Crippen molar-refractivity contribution in [2.45, 2.75) is 44.4 Å². The Bertz CT molecular complexity index is 965. The molecule has 210 valence electrons. The van der Waals surface area contributed by atoms with Crippen LogP contribution in [0.2, 0.25) is 0 Å². The Labute approximate surface area is 223 Å². The summed E-state index contributed by atoms with van der Waals surface area (Å²) in [6.45, 7) is 9.48. The maximum atomic E-state index is 13.1. The molecule has 0 unspecified atom stereocenters. The number of morpholine rings is 1. The van der Waals surface area contributed by atoms with Crippen molar-refractivity contribution in [3.63, 3.8) is 0 Å². The van der Waals surface area contributed by atoms with Gasteiger partial charge in [-0.25, -0.2) is 8.42 Å². The zero-order valence-corrected chi connectivity index (χ0v) is 24.0. The summed E-state index contributed by atoms with van der Waals surface area (Å²) < 4.78 is 43.8. The molecule has 0 spiro atoms. The number of benzene rings is 1. The third kappa shape index (κ3) is 8.38. The normalized spacial score (nSPS) is 21.2. The summed E-state index contributed by atoms with van der Waals surface area (Å²) in [5.41, 5.74) is 1.27. The second-order valence-electron chi connectivity index (χ2n) is 10.5. The lowest BCUT2D eigenvalue weighted by Crippen LogP contribution is -2.41. The zero-order valence-electron chi connectivity index (χ0n) is 23.2. The second-order valence-corrected chi connectivity index (χ2v) is 12.5. The van der Waals surface area contributed by atoms with E-state index in [-0.39, 0.29) is 30.6 Å². The molecule has 1 heterocycles. The van der Waals surface area contributed by atoms with Gasteiger partial charge in [0.15, 0.2) is 0 Å². The van der Waals surface area contributed by atoms with Crippen LogP contribution in [0.3, 0.4) is 0 Å². The molecule has 0 N–H and O–H groups in total. The van der Waals surface area contributed by atoms with Crippen molar-refractivity contribution < 1.29 is 27.4 Å². The monoisotopic (exact) mass is 539 g/mol. The zero-order chi connectivity index (χ0) is 27.0. The Morgan fingerprint density at radius 2 is 1.65 bits per heavy atom. The van der Waals surface area contributed by atoms with Gasteiger partial charge in [0.2, 0.25) is 15.9 Å². The highest BCUT2D eigenvalue weighted by atomic mass is 32.2. The predicted octanol–water partition coefficient (Wildman–Crippen LogP) is 2.55. The minimum atomic E-state index is -3.68. The average Bonchev–Trinajstić information content (AvgIpc) is 2.87. The molecule has 9 nitrogen and oxygen atoms in total. The van der Waals surface area contributed by atoms with Crippen molar-refractivity contribution in [3.8, 4) is 5.75 Å². The van der Waals surface area contributed by atoms with Crippen molar-refractivity contribution >= 4 is 15.9 Å². The summed E-state index contributed by atoms with van der Waals surface area (Å²) in [6.07, 6.45) is 4.74. The van der Waals surface area contributed by atoms with E-state index in [0.717, 1.165) is 51.6 Å². The van der Waals surface area contributed by atoms with Crippen LogP contribution in [0, 0.1) is 25.7 Å². The van der Waals surface area contributed by atoms with Crippen LogP contribution < -0.4 is 4.74 Å². The number of amides is 1. The number of rotatable bonds is 12. The molecule has 3 rings (SSSR count). The molecule has 1 aliphatic heterocycles. The van der Waals surface area contributed by atoms with Crippen LogP contribution in [0.4, 0.5) is 0 Å². The van der Waals surface area contributed by atoms with Crippen molar-refractivity contribution in [1.29, 1.82) is 0 Å². The van der Waals surface area contributed by atoms with Crippen LogP contribution in [0.15, 0.2) is 17.0 Å². The van der Waals surface area contributed by atoms with Gasteiger partial charge in [0.25, 0.3) is 0 Å². The van der Waals surface area contributed by atoms with Gasteiger partial charge in [-0.05, 0) is 74.6 Å².